The summed E-state index contributed by atoms with van der Waals surface area (Å²) in [6.45, 7) is 4.11. The Morgan fingerprint density at radius 3 is 2.47 bits per heavy atom. The van der Waals surface area contributed by atoms with Crippen LogP contribution in [0.5, 0.6) is 11.5 Å². The van der Waals surface area contributed by atoms with Crippen LogP contribution in [0.3, 0.4) is 0 Å². The molecule has 0 aliphatic carbocycles. The lowest BCUT2D eigenvalue weighted by atomic mass is 9.94. The van der Waals surface area contributed by atoms with Crippen LogP contribution in [0.2, 0.25) is 0 Å². The van der Waals surface area contributed by atoms with E-state index in [1.165, 1.54) is 11.0 Å². The molecule has 2 aromatic carbocycles. The van der Waals surface area contributed by atoms with Gasteiger partial charge >= 0.3 is 0 Å². The second kappa shape index (κ2) is 10.3. The van der Waals surface area contributed by atoms with Crippen LogP contribution in [0.15, 0.2) is 48.0 Å². The van der Waals surface area contributed by atoms with Gasteiger partial charge in [-0.25, -0.2) is 0 Å². The third-order valence-electron chi connectivity index (χ3n) is 5.18. The van der Waals surface area contributed by atoms with E-state index in [0.717, 1.165) is 5.56 Å². The van der Waals surface area contributed by atoms with Crippen LogP contribution in [-0.4, -0.2) is 64.9 Å². The second-order valence-electron chi connectivity index (χ2n) is 7.35. The molecule has 0 aromatic heterocycles. The van der Waals surface area contributed by atoms with E-state index in [-0.39, 0.29) is 49.2 Å². The highest BCUT2D eigenvalue weighted by molar-refractivity contribution is 6.46. The monoisotopic (exact) mass is 441 g/mol. The van der Waals surface area contributed by atoms with Crippen molar-refractivity contribution in [1.82, 2.24) is 4.90 Å². The molecule has 0 saturated carbocycles. The fourth-order valence-corrected chi connectivity index (χ4v) is 3.63. The predicted molar refractivity (Wildman–Crippen MR) is 117 cm³/mol. The van der Waals surface area contributed by atoms with Crippen molar-refractivity contribution in [2.24, 2.45) is 0 Å². The normalized spacial score (nSPS) is 17.7. The molecule has 1 heterocycles. The number of hydrogen-bond acceptors (Lipinski definition) is 7. The molecule has 1 aliphatic rings. The van der Waals surface area contributed by atoms with Crippen molar-refractivity contribution in [2.45, 2.75) is 19.9 Å². The molecule has 0 radical (unpaired) electrons. The van der Waals surface area contributed by atoms with Gasteiger partial charge in [-0.15, -0.1) is 0 Å². The van der Waals surface area contributed by atoms with Gasteiger partial charge in [-0.05, 0) is 31.5 Å². The van der Waals surface area contributed by atoms with Crippen molar-refractivity contribution in [3.8, 4) is 11.5 Å². The fourth-order valence-electron chi connectivity index (χ4n) is 3.63. The van der Waals surface area contributed by atoms with Gasteiger partial charge in [-0.1, -0.05) is 35.9 Å². The first kappa shape index (κ1) is 23.3. The van der Waals surface area contributed by atoms with Gasteiger partial charge < -0.3 is 29.7 Å². The Morgan fingerprint density at radius 2 is 1.81 bits per heavy atom. The molecule has 1 amide bonds. The van der Waals surface area contributed by atoms with Crippen LogP contribution < -0.4 is 4.74 Å². The topological polar surface area (TPSA) is 117 Å². The maximum absolute atomic E-state index is 13.0. The zero-order valence-electron chi connectivity index (χ0n) is 18.1. The van der Waals surface area contributed by atoms with Crippen LogP contribution in [0, 0.1) is 6.92 Å². The number of carbonyl (C=O) groups is 2. The Kier molecular flexibility index (Phi) is 7.50. The summed E-state index contributed by atoms with van der Waals surface area (Å²) in [6, 6.07) is 10.6. The van der Waals surface area contributed by atoms with Crippen molar-refractivity contribution >= 4 is 17.4 Å². The molecule has 2 aromatic rings. The number of hydrogen-bond donors (Lipinski definition) is 3. The summed E-state index contributed by atoms with van der Waals surface area (Å²) in [7, 11) is 0. The predicted octanol–water partition coefficient (Wildman–Crippen LogP) is 2.53. The van der Waals surface area contributed by atoms with Crippen LogP contribution in [0.25, 0.3) is 5.76 Å². The maximum atomic E-state index is 13.0. The molecule has 3 rings (SSSR count). The van der Waals surface area contributed by atoms with E-state index in [9.17, 15) is 19.8 Å². The number of phenols is 1. The van der Waals surface area contributed by atoms with E-state index >= 15 is 0 Å². The van der Waals surface area contributed by atoms with Gasteiger partial charge in [-0.3, -0.25) is 9.59 Å². The summed E-state index contributed by atoms with van der Waals surface area (Å²) in [5.41, 5.74) is 1.86. The molecule has 32 heavy (non-hydrogen) atoms. The number of nitrogens with zero attached hydrogens (tertiary/aromatic N) is 1. The van der Waals surface area contributed by atoms with Crippen molar-refractivity contribution in [3.63, 3.8) is 0 Å². The molecule has 0 spiro atoms. The quantitative estimate of drug-likeness (QED) is 0.237. The number of aliphatic hydroxyl groups is 2. The first-order valence-electron chi connectivity index (χ1n) is 10.4. The lowest BCUT2D eigenvalue weighted by molar-refractivity contribution is -0.140. The first-order valence-corrected chi connectivity index (χ1v) is 10.4. The standard InChI is InChI=1S/C24H27NO7/c1-3-32-19-14-17(8-9-18(19)27)21-20(22(28)16-6-4-15(2)5-7-16)23(29)24(30)25(21)10-12-31-13-11-26/h4-9,14,21,26-28H,3,10-13H2,1-2H3/b22-20+. The molecule has 1 unspecified atom stereocenters. The molecule has 8 heteroatoms. The number of benzene rings is 2. The van der Waals surface area contributed by atoms with Gasteiger partial charge in [0.25, 0.3) is 11.7 Å². The summed E-state index contributed by atoms with van der Waals surface area (Å²) >= 11 is 0. The summed E-state index contributed by atoms with van der Waals surface area (Å²) in [5.74, 6) is -1.71. The van der Waals surface area contributed by atoms with Gasteiger partial charge in [-0.2, -0.15) is 0 Å². The highest BCUT2D eigenvalue weighted by Gasteiger charge is 2.46. The van der Waals surface area contributed by atoms with E-state index in [1.807, 2.05) is 6.92 Å². The number of carbonyl (C=O) groups excluding carboxylic acids is 2. The van der Waals surface area contributed by atoms with Crippen LogP contribution >= 0.6 is 0 Å². The van der Waals surface area contributed by atoms with E-state index in [4.69, 9.17) is 14.6 Å². The van der Waals surface area contributed by atoms with Crippen molar-refractivity contribution in [1.29, 1.82) is 0 Å². The van der Waals surface area contributed by atoms with Crippen molar-refractivity contribution in [3.05, 3.63) is 64.7 Å². The average Bonchev–Trinajstić information content (AvgIpc) is 3.03. The van der Waals surface area contributed by atoms with Crippen molar-refractivity contribution in [2.75, 3.05) is 33.0 Å². The lowest BCUT2D eigenvalue weighted by Crippen LogP contribution is -2.33. The Balaban J connectivity index is 2.10. The van der Waals surface area contributed by atoms with Gasteiger partial charge in [0.1, 0.15) is 5.76 Å². The summed E-state index contributed by atoms with van der Waals surface area (Å²) in [6.07, 6.45) is 0. The molecular formula is C24H27NO7. The Morgan fingerprint density at radius 1 is 1.09 bits per heavy atom. The SMILES string of the molecule is CCOc1cc(C2/C(=C(\O)c3ccc(C)cc3)C(=O)C(=O)N2CCOCCO)ccc1O. The average molecular weight is 441 g/mol. The van der Waals surface area contributed by atoms with Crippen LogP contribution in [0.1, 0.15) is 29.7 Å². The largest absolute Gasteiger partial charge is 0.507 e. The fraction of sp³-hybridized carbons (Fsp3) is 0.333. The summed E-state index contributed by atoms with van der Waals surface area (Å²) in [4.78, 5) is 27.2. The highest BCUT2D eigenvalue weighted by atomic mass is 16.5. The highest BCUT2D eigenvalue weighted by Crippen LogP contribution is 2.41. The number of aryl methyl sites for hydroxylation is 1. The number of phenolic OH excluding ortho intramolecular Hbond substituents is 1. The molecule has 3 N–H and O–H groups in total. The minimum Gasteiger partial charge on any atom is -0.507 e. The minimum absolute atomic E-state index is 0.0471. The van der Waals surface area contributed by atoms with Crippen molar-refractivity contribution < 1.29 is 34.4 Å². The third-order valence-corrected chi connectivity index (χ3v) is 5.18. The number of likely N-dealkylation sites (tertiary alicyclic amines) is 1. The molecule has 170 valence electrons. The Hall–Kier alpha value is -3.36. The number of ether oxygens (including phenoxy) is 2. The van der Waals surface area contributed by atoms with Gasteiger partial charge in [0.15, 0.2) is 11.5 Å². The van der Waals surface area contributed by atoms with E-state index in [1.54, 1.807) is 43.3 Å². The Bertz CT molecular complexity index is 1010. The molecule has 1 saturated heterocycles. The summed E-state index contributed by atoms with van der Waals surface area (Å²) < 4.78 is 10.8. The number of aliphatic hydroxyl groups excluding tert-OH is 2. The zero-order valence-corrected chi connectivity index (χ0v) is 18.1. The second-order valence-corrected chi connectivity index (χ2v) is 7.35. The molecule has 1 aliphatic heterocycles. The molecule has 1 atom stereocenters. The molecule has 1 fully saturated rings. The van der Waals surface area contributed by atoms with E-state index < -0.39 is 17.7 Å². The van der Waals surface area contributed by atoms with Crippen LogP contribution in [0.4, 0.5) is 0 Å². The zero-order chi connectivity index (χ0) is 23.3. The smallest absolute Gasteiger partial charge is 0.295 e. The Labute approximate surface area is 186 Å². The minimum atomic E-state index is -0.895. The van der Waals surface area contributed by atoms with Gasteiger partial charge in [0.2, 0.25) is 0 Å². The number of amides is 1. The van der Waals surface area contributed by atoms with Crippen LogP contribution in [-0.2, 0) is 14.3 Å². The number of rotatable bonds is 9. The number of ketones is 1. The molecule has 0 bridgehead atoms. The van der Waals surface area contributed by atoms with Gasteiger partial charge in [0.05, 0.1) is 38.0 Å². The molecular weight excluding hydrogens is 414 g/mol. The third kappa shape index (κ3) is 4.76. The number of aromatic hydroxyl groups is 1. The molecule has 8 nitrogen and oxygen atoms in total. The van der Waals surface area contributed by atoms with E-state index in [0.29, 0.717) is 17.7 Å². The maximum Gasteiger partial charge on any atom is 0.295 e. The summed E-state index contributed by atoms with van der Waals surface area (Å²) in [5, 5.41) is 30.0. The van der Waals surface area contributed by atoms with Gasteiger partial charge in [0, 0.05) is 12.1 Å². The lowest BCUT2D eigenvalue weighted by Gasteiger charge is -2.25. The van der Waals surface area contributed by atoms with E-state index in [2.05, 4.69) is 0 Å². The number of Topliss-reactive ketones (excluding diaryl/α,β-unsaturated/α-hetero) is 1. The first-order chi connectivity index (χ1) is 15.4.